The lowest BCUT2D eigenvalue weighted by molar-refractivity contribution is -0.0398. The number of hydrogen-bond acceptors (Lipinski definition) is 7. The lowest BCUT2D eigenvalue weighted by Gasteiger charge is -2.27. The largest absolute Gasteiger partial charge is 0.382 e. The predicted octanol–water partition coefficient (Wildman–Crippen LogP) is 2.11. The van der Waals surface area contributed by atoms with Crippen LogP contribution in [0, 0.1) is 11.8 Å². The van der Waals surface area contributed by atoms with Crippen LogP contribution in [0.4, 0.5) is 0 Å². The second-order valence-electron chi connectivity index (χ2n) is 6.97. The van der Waals surface area contributed by atoms with Gasteiger partial charge in [-0.15, -0.1) is 0 Å². The highest BCUT2D eigenvalue weighted by molar-refractivity contribution is 8.07. The van der Waals surface area contributed by atoms with Crippen LogP contribution >= 0.6 is 6.72 Å². The summed E-state index contributed by atoms with van der Waals surface area (Å²) in [6, 6.07) is 0. The van der Waals surface area contributed by atoms with Gasteiger partial charge < -0.3 is 32.9 Å². The second-order valence-corrected chi connectivity index (χ2v) is 9.76. The van der Waals surface area contributed by atoms with Crippen molar-refractivity contribution in [3.8, 4) is 0 Å². The van der Waals surface area contributed by atoms with Crippen molar-refractivity contribution in [3.05, 3.63) is 0 Å². The first kappa shape index (κ1) is 21.7. The van der Waals surface area contributed by atoms with Gasteiger partial charge in [-0.3, -0.25) is 0 Å². The third-order valence-corrected chi connectivity index (χ3v) is 6.85. The molecular weight excluding hydrogens is 367 g/mol. The summed E-state index contributed by atoms with van der Waals surface area (Å²) in [6.45, 7) is 5.11. The Hall–Kier alpha value is 0.370. The van der Waals surface area contributed by atoms with Gasteiger partial charge in [-0.1, -0.05) is 13.8 Å². The molecule has 0 aromatic rings. The van der Waals surface area contributed by atoms with Gasteiger partial charge in [-0.05, 0) is 25.7 Å². The summed E-state index contributed by atoms with van der Waals surface area (Å²) in [7, 11) is 3.25. The van der Waals surface area contributed by atoms with Crippen LogP contribution in [0.15, 0.2) is 0 Å². The average molecular weight is 398 g/mol. The Labute approximate surface area is 155 Å². The summed E-state index contributed by atoms with van der Waals surface area (Å²) in [5.41, 5.74) is 0. The molecule has 0 bridgehead atoms. The molecule has 148 valence electrons. The van der Waals surface area contributed by atoms with E-state index in [4.69, 9.17) is 39.8 Å². The molecule has 2 rings (SSSR count). The Kier molecular flexibility index (Phi) is 7.84. The third-order valence-electron chi connectivity index (χ3n) is 5.29. The number of rotatable bonds is 8. The molecule has 0 aromatic heterocycles. The van der Waals surface area contributed by atoms with Gasteiger partial charge in [0.1, 0.15) is 18.3 Å². The van der Waals surface area contributed by atoms with Gasteiger partial charge in [0.15, 0.2) is 0 Å². The molecule has 9 heteroatoms. The molecule has 0 spiro atoms. The SMILES string of the molecule is COC[C@H]1O[C@@H](C)C(C)[C@H]1OP(O)(=S)OC[C@H]1O[C@@H](C)C(C)[C@H]1OC. The highest BCUT2D eigenvalue weighted by atomic mass is 32.5. The van der Waals surface area contributed by atoms with Crippen LogP contribution in [0.25, 0.3) is 0 Å². The molecule has 2 saturated heterocycles. The van der Waals surface area contributed by atoms with Crippen molar-refractivity contribution < 1.29 is 32.9 Å². The second kappa shape index (κ2) is 9.04. The molecule has 2 aliphatic rings. The summed E-state index contributed by atoms with van der Waals surface area (Å²) in [5.74, 6) is 0.318. The van der Waals surface area contributed by atoms with E-state index < -0.39 is 6.72 Å². The number of ether oxygens (including phenoxy) is 4. The number of hydrogen-bond donors (Lipinski definition) is 1. The molecular formula is C16H31O7PS. The highest BCUT2D eigenvalue weighted by Gasteiger charge is 2.44. The first-order chi connectivity index (χ1) is 11.7. The molecule has 25 heavy (non-hydrogen) atoms. The van der Waals surface area contributed by atoms with E-state index in [1.54, 1.807) is 14.2 Å². The Morgan fingerprint density at radius 2 is 1.44 bits per heavy atom. The molecule has 2 fully saturated rings. The quantitative estimate of drug-likeness (QED) is 0.623. The van der Waals surface area contributed by atoms with Crippen molar-refractivity contribution in [1.29, 1.82) is 0 Å². The molecule has 2 aliphatic heterocycles. The zero-order valence-electron chi connectivity index (χ0n) is 15.8. The lowest BCUT2D eigenvalue weighted by atomic mass is 9.99. The third kappa shape index (κ3) is 5.21. The maximum Gasteiger partial charge on any atom is 0.324 e. The maximum absolute atomic E-state index is 10.5. The van der Waals surface area contributed by atoms with Crippen LogP contribution < -0.4 is 0 Å². The average Bonchev–Trinajstić information content (AvgIpc) is 2.97. The van der Waals surface area contributed by atoms with E-state index in [1.807, 2.05) is 20.8 Å². The van der Waals surface area contributed by atoms with Crippen LogP contribution in [0.1, 0.15) is 27.7 Å². The van der Waals surface area contributed by atoms with Crippen molar-refractivity contribution in [2.45, 2.75) is 64.3 Å². The molecule has 0 aliphatic carbocycles. The minimum absolute atomic E-state index is 0.00196. The van der Waals surface area contributed by atoms with E-state index in [1.165, 1.54) is 0 Å². The summed E-state index contributed by atoms with van der Waals surface area (Å²) < 4.78 is 33.7. The monoisotopic (exact) mass is 398 g/mol. The van der Waals surface area contributed by atoms with Gasteiger partial charge in [-0.25, -0.2) is 0 Å². The van der Waals surface area contributed by atoms with Gasteiger partial charge in [0.05, 0.1) is 31.5 Å². The van der Waals surface area contributed by atoms with Crippen LogP contribution in [-0.4, -0.2) is 69.0 Å². The first-order valence-corrected chi connectivity index (χ1v) is 11.3. The fourth-order valence-electron chi connectivity index (χ4n) is 3.48. The van der Waals surface area contributed by atoms with Crippen molar-refractivity contribution >= 4 is 18.5 Å². The van der Waals surface area contributed by atoms with E-state index in [9.17, 15) is 4.89 Å². The van der Waals surface area contributed by atoms with Crippen LogP contribution in [-0.2, 0) is 39.8 Å². The Morgan fingerprint density at radius 1 is 0.920 bits per heavy atom. The van der Waals surface area contributed by atoms with Gasteiger partial charge in [-0.2, -0.15) is 0 Å². The van der Waals surface area contributed by atoms with Crippen molar-refractivity contribution in [2.75, 3.05) is 27.4 Å². The summed E-state index contributed by atoms with van der Waals surface area (Å²) in [4.78, 5) is 10.5. The zero-order chi connectivity index (χ0) is 18.8. The van der Waals surface area contributed by atoms with Crippen LogP contribution in [0.5, 0.6) is 0 Å². The molecule has 2 heterocycles. The predicted molar refractivity (Wildman–Crippen MR) is 97.0 cm³/mol. The maximum atomic E-state index is 10.5. The molecule has 0 radical (unpaired) electrons. The highest BCUT2D eigenvalue weighted by Crippen LogP contribution is 2.49. The number of methoxy groups -OCH3 is 2. The summed E-state index contributed by atoms with van der Waals surface area (Å²) >= 11 is 5.21. The Morgan fingerprint density at radius 3 is 1.96 bits per heavy atom. The van der Waals surface area contributed by atoms with Gasteiger partial charge in [0.25, 0.3) is 0 Å². The lowest BCUT2D eigenvalue weighted by Crippen LogP contribution is -2.33. The summed E-state index contributed by atoms with van der Waals surface area (Å²) in [5, 5.41) is 0. The topological polar surface area (TPSA) is 75.6 Å². The van der Waals surface area contributed by atoms with E-state index in [-0.39, 0.29) is 55.1 Å². The molecule has 3 unspecified atom stereocenters. The molecule has 9 atom stereocenters. The minimum atomic E-state index is -3.43. The molecule has 1 N–H and O–H groups in total. The molecule has 0 saturated carbocycles. The minimum Gasteiger partial charge on any atom is -0.382 e. The van der Waals surface area contributed by atoms with E-state index in [2.05, 4.69) is 6.92 Å². The van der Waals surface area contributed by atoms with Gasteiger partial charge >= 0.3 is 6.72 Å². The van der Waals surface area contributed by atoms with Crippen LogP contribution in [0.3, 0.4) is 0 Å². The molecule has 0 amide bonds. The standard InChI is InChI=1S/C16H31O7PS/c1-9-11(3)22-14(15(9)19-6)8-20-24(17,25)23-16-10(2)12(4)21-13(16)7-18-5/h9-16H,7-8H2,1-6H3,(H,17,25)/t9?,10?,11-,12-,13+,14+,15+,16+,24?/m0/s1. The Balaban J connectivity index is 1.94. The zero-order valence-corrected chi connectivity index (χ0v) is 17.5. The smallest absolute Gasteiger partial charge is 0.324 e. The Bertz CT molecular complexity index is 479. The van der Waals surface area contributed by atoms with Gasteiger partial charge in [0, 0.05) is 26.1 Å². The van der Waals surface area contributed by atoms with E-state index >= 15 is 0 Å². The van der Waals surface area contributed by atoms with E-state index in [0.717, 1.165) is 0 Å². The summed E-state index contributed by atoms with van der Waals surface area (Å²) in [6.07, 6.45) is -0.961. The van der Waals surface area contributed by atoms with Crippen molar-refractivity contribution in [2.24, 2.45) is 11.8 Å². The normalized spacial score (nSPS) is 44.1. The fourth-order valence-corrected chi connectivity index (χ4v) is 4.99. The molecule has 7 nitrogen and oxygen atoms in total. The van der Waals surface area contributed by atoms with Crippen molar-refractivity contribution in [1.82, 2.24) is 0 Å². The van der Waals surface area contributed by atoms with E-state index in [0.29, 0.717) is 6.61 Å². The fraction of sp³-hybridized carbons (Fsp3) is 1.00. The van der Waals surface area contributed by atoms with Gasteiger partial charge in [0.2, 0.25) is 0 Å². The van der Waals surface area contributed by atoms with Crippen molar-refractivity contribution in [3.63, 3.8) is 0 Å². The van der Waals surface area contributed by atoms with Crippen LogP contribution in [0.2, 0.25) is 0 Å². The first-order valence-electron chi connectivity index (χ1n) is 8.68. The molecule has 0 aromatic carbocycles.